The molecule has 2 aromatic rings. The molecule has 23 heavy (non-hydrogen) atoms. The average Bonchev–Trinajstić information content (AvgIpc) is 2.93. The first kappa shape index (κ1) is 15.1. The van der Waals surface area contributed by atoms with Crippen LogP contribution >= 0.6 is 0 Å². The van der Waals surface area contributed by atoms with Crippen molar-refractivity contribution in [1.82, 2.24) is 10.2 Å². The Morgan fingerprint density at radius 3 is 2.65 bits per heavy atom. The molecule has 0 bridgehead atoms. The normalized spacial score (nSPS) is 20.7. The number of hydrogen-bond donors (Lipinski definition) is 2. The standard InChI is InChI=1S/C15H13F2N3O3/c16-8-1-2-9(12(17)5-8)10-6-20(7-11(10)15(22)23)13-3-4-14(21)19-18-13/h1-5,10-11H,6-7H2,(H,19,21)(H,22,23)/t10-,11?/m0/s1. The van der Waals surface area contributed by atoms with Crippen molar-refractivity contribution in [3.63, 3.8) is 0 Å². The summed E-state index contributed by atoms with van der Waals surface area (Å²) in [4.78, 5) is 24.2. The molecule has 2 atom stereocenters. The number of anilines is 1. The van der Waals surface area contributed by atoms with Gasteiger partial charge in [-0.15, -0.1) is 0 Å². The number of rotatable bonds is 3. The Bertz CT molecular complexity index is 788. The molecule has 0 amide bonds. The molecule has 3 rings (SSSR count). The van der Waals surface area contributed by atoms with E-state index in [2.05, 4.69) is 10.2 Å². The number of carbonyl (C=O) groups is 1. The number of aromatic amines is 1. The topological polar surface area (TPSA) is 86.3 Å². The Morgan fingerprint density at radius 1 is 1.26 bits per heavy atom. The summed E-state index contributed by atoms with van der Waals surface area (Å²) in [5.41, 5.74) is -0.213. The van der Waals surface area contributed by atoms with Crippen molar-refractivity contribution in [2.24, 2.45) is 5.92 Å². The number of aromatic nitrogens is 2. The van der Waals surface area contributed by atoms with E-state index in [0.29, 0.717) is 5.82 Å². The summed E-state index contributed by atoms with van der Waals surface area (Å²) < 4.78 is 27.1. The van der Waals surface area contributed by atoms with E-state index in [0.717, 1.165) is 12.1 Å². The summed E-state index contributed by atoms with van der Waals surface area (Å²) in [6.45, 7) is 0.328. The van der Waals surface area contributed by atoms with Crippen LogP contribution in [-0.4, -0.2) is 34.4 Å². The highest BCUT2D eigenvalue weighted by Gasteiger charge is 2.40. The van der Waals surface area contributed by atoms with Crippen molar-refractivity contribution >= 4 is 11.8 Å². The van der Waals surface area contributed by atoms with Gasteiger partial charge in [0.05, 0.1) is 5.92 Å². The Kier molecular flexibility index (Phi) is 3.81. The number of nitrogens with zero attached hydrogens (tertiary/aromatic N) is 2. The maximum atomic E-state index is 14.0. The number of hydrogen-bond acceptors (Lipinski definition) is 4. The molecule has 6 nitrogen and oxygen atoms in total. The van der Waals surface area contributed by atoms with E-state index in [1.165, 1.54) is 18.2 Å². The van der Waals surface area contributed by atoms with Gasteiger partial charge in [0.25, 0.3) is 5.56 Å². The highest BCUT2D eigenvalue weighted by molar-refractivity contribution is 5.73. The van der Waals surface area contributed by atoms with Crippen molar-refractivity contribution in [3.05, 3.63) is 57.9 Å². The van der Waals surface area contributed by atoms with Crippen LogP contribution in [0.2, 0.25) is 0 Å². The molecule has 1 fully saturated rings. The lowest BCUT2D eigenvalue weighted by molar-refractivity contribution is -0.141. The van der Waals surface area contributed by atoms with Crippen LogP contribution in [0.4, 0.5) is 14.6 Å². The lowest BCUT2D eigenvalue weighted by atomic mass is 9.88. The fourth-order valence-corrected chi connectivity index (χ4v) is 2.87. The van der Waals surface area contributed by atoms with Crippen molar-refractivity contribution in [1.29, 1.82) is 0 Å². The number of halogens is 2. The Labute approximate surface area is 129 Å². The van der Waals surface area contributed by atoms with Gasteiger partial charge in [-0.05, 0) is 17.7 Å². The van der Waals surface area contributed by atoms with Gasteiger partial charge in [0, 0.05) is 31.1 Å². The number of H-pyrrole nitrogens is 1. The average molecular weight is 321 g/mol. The first-order valence-electron chi connectivity index (χ1n) is 6.94. The predicted octanol–water partition coefficient (Wildman–Crippen LogP) is 1.35. The van der Waals surface area contributed by atoms with E-state index < -0.39 is 29.4 Å². The fourth-order valence-electron chi connectivity index (χ4n) is 2.87. The zero-order valence-electron chi connectivity index (χ0n) is 11.9. The maximum Gasteiger partial charge on any atom is 0.308 e. The van der Waals surface area contributed by atoms with Gasteiger partial charge in [0.2, 0.25) is 0 Å². The third-order valence-electron chi connectivity index (χ3n) is 3.99. The lowest BCUT2D eigenvalue weighted by Gasteiger charge is -2.17. The number of aliphatic carboxylic acids is 1. The lowest BCUT2D eigenvalue weighted by Crippen LogP contribution is -2.24. The monoisotopic (exact) mass is 321 g/mol. The molecule has 0 saturated carbocycles. The minimum Gasteiger partial charge on any atom is -0.481 e. The van der Waals surface area contributed by atoms with E-state index >= 15 is 0 Å². The van der Waals surface area contributed by atoms with Crippen LogP contribution in [0.15, 0.2) is 35.1 Å². The van der Waals surface area contributed by atoms with Gasteiger partial charge in [-0.3, -0.25) is 9.59 Å². The highest BCUT2D eigenvalue weighted by atomic mass is 19.1. The first-order valence-corrected chi connectivity index (χ1v) is 6.94. The highest BCUT2D eigenvalue weighted by Crippen LogP contribution is 2.36. The minimum atomic E-state index is -1.06. The van der Waals surface area contributed by atoms with Gasteiger partial charge >= 0.3 is 5.97 Å². The second-order valence-electron chi connectivity index (χ2n) is 5.40. The van der Waals surface area contributed by atoms with Crippen LogP contribution in [-0.2, 0) is 4.79 Å². The van der Waals surface area contributed by atoms with E-state index in [4.69, 9.17) is 0 Å². The van der Waals surface area contributed by atoms with Crippen molar-refractivity contribution < 1.29 is 18.7 Å². The Balaban J connectivity index is 1.94. The Hall–Kier alpha value is -2.77. The third kappa shape index (κ3) is 2.92. The molecule has 1 unspecified atom stereocenters. The van der Waals surface area contributed by atoms with Gasteiger partial charge in [0.15, 0.2) is 0 Å². The fraction of sp³-hybridized carbons (Fsp3) is 0.267. The molecule has 0 spiro atoms. The molecule has 1 aliphatic heterocycles. The van der Waals surface area contributed by atoms with Crippen molar-refractivity contribution in [3.8, 4) is 0 Å². The number of benzene rings is 1. The first-order chi connectivity index (χ1) is 11.0. The van der Waals surface area contributed by atoms with E-state index in [9.17, 15) is 23.5 Å². The number of carboxylic acids is 1. The molecule has 8 heteroatoms. The molecule has 1 saturated heterocycles. The van der Waals surface area contributed by atoms with Crippen LogP contribution in [0.1, 0.15) is 11.5 Å². The van der Waals surface area contributed by atoms with Crippen LogP contribution in [0.3, 0.4) is 0 Å². The molecule has 1 aromatic carbocycles. The summed E-state index contributed by atoms with van der Waals surface area (Å²) in [7, 11) is 0. The summed E-state index contributed by atoms with van der Waals surface area (Å²) in [5, 5.41) is 15.5. The van der Waals surface area contributed by atoms with Crippen LogP contribution < -0.4 is 10.5 Å². The summed E-state index contributed by atoms with van der Waals surface area (Å²) >= 11 is 0. The zero-order chi connectivity index (χ0) is 16.6. The van der Waals surface area contributed by atoms with Crippen LogP contribution in [0.5, 0.6) is 0 Å². The molecule has 1 aromatic heterocycles. The second kappa shape index (κ2) is 5.79. The minimum absolute atomic E-state index is 0.121. The largest absolute Gasteiger partial charge is 0.481 e. The van der Waals surface area contributed by atoms with Gasteiger partial charge in [0.1, 0.15) is 17.5 Å². The third-order valence-corrected chi connectivity index (χ3v) is 3.99. The van der Waals surface area contributed by atoms with Crippen LogP contribution in [0.25, 0.3) is 0 Å². The van der Waals surface area contributed by atoms with Gasteiger partial charge in [-0.25, -0.2) is 13.9 Å². The Morgan fingerprint density at radius 2 is 2.04 bits per heavy atom. The number of carboxylic acid groups (broad SMARTS) is 1. The predicted molar refractivity (Wildman–Crippen MR) is 77.3 cm³/mol. The zero-order valence-corrected chi connectivity index (χ0v) is 11.9. The van der Waals surface area contributed by atoms with Gasteiger partial charge in [-0.2, -0.15) is 5.10 Å². The molecule has 2 heterocycles. The van der Waals surface area contributed by atoms with E-state index in [-0.39, 0.29) is 24.2 Å². The molecule has 120 valence electrons. The molecular weight excluding hydrogens is 308 g/mol. The molecule has 0 aliphatic carbocycles. The molecule has 2 N–H and O–H groups in total. The summed E-state index contributed by atoms with van der Waals surface area (Å²) in [6.07, 6.45) is 0. The quantitative estimate of drug-likeness (QED) is 0.891. The van der Waals surface area contributed by atoms with Crippen LogP contribution in [0, 0.1) is 17.6 Å². The molecule has 1 aliphatic rings. The van der Waals surface area contributed by atoms with Crippen molar-refractivity contribution in [2.75, 3.05) is 18.0 Å². The molecular formula is C15H13F2N3O3. The van der Waals surface area contributed by atoms with E-state index in [1.807, 2.05) is 0 Å². The summed E-state index contributed by atoms with van der Waals surface area (Å²) in [5.74, 6) is -3.63. The van der Waals surface area contributed by atoms with E-state index in [1.54, 1.807) is 4.90 Å². The van der Waals surface area contributed by atoms with Gasteiger partial charge in [-0.1, -0.05) is 6.07 Å². The molecule has 0 radical (unpaired) electrons. The maximum absolute atomic E-state index is 14.0. The second-order valence-corrected chi connectivity index (χ2v) is 5.40. The smallest absolute Gasteiger partial charge is 0.308 e. The summed E-state index contributed by atoms with van der Waals surface area (Å²) in [6, 6.07) is 5.88. The van der Waals surface area contributed by atoms with Gasteiger partial charge < -0.3 is 10.0 Å². The number of nitrogens with one attached hydrogen (secondary N) is 1. The van der Waals surface area contributed by atoms with Crippen molar-refractivity contribution in [2.45, 2.75) is 5.92 Å². The SMILES string of the molecule is O=C(O)C1CN(c2ccc(=O)[nH]n2)C[C@H]1c1ccc(F)cc1F.